The lowest BCUT2D eigenvalue weighted by Gasteiger charge is -2.12. The zero-order valence-corrected chi connectivity index (χ0v) is 12.4. The summed E-state index contributed by atoms with van der Waals surface area (Å²) in [4.78, 5) is 14.5. The lowest BCUT2D eigenvalue weighted by atomic mass is 10.2. The maximum absolute atomic E-state index is 12.8. The summed E-state index contributed by atoms with van der Waals surface area (Å²) in [5, 5.41) is 0.450. The standard InChI is InChI=1S/C13H9F3INO2/c1-7(19)6-20-11-5-12(13(14,15)16)18-10-3-2-8(17)4-9(10)11/h2-5H,6H2,1H3. The fourth-order valence-corrected chi connectivity index (χ4v) is 2.10. The van der Waals surface area contributed by atoms with E-state index in [0.717, 1.165) is 9.64 Å². The molecule has 0 saturated heterocycles. The minimum absolute atomic E-state index is 0.0102. The van der Waals surface area contributed by atoms with Crippen LogP contribution in [0.25, 0.3) is 10.9 Å². The van der Waals surface area contributed by atoms with Crippen LogP contribution < -0.4 is 4.74 Å². The molecule has 1 aromatic heterocycles. The maximum atomic E-state index is 12.8. The molecule has 1 heterocycles. The van der Waals surface area contributed by atoms with Crippen LogP contribution in [0.4, 0.5) is 13.2 Å². The van der Waals surface area contributed by atoms with Gasteiger partial charge in [-0.25, -0.2) is 4.98 Å². The molecule has 0 atom stereocenters. The van der Waals surface area contributed by atoms with E-state index in [1.165, 1.54) is 13.0 Å². The lowest BCUT2D eigenvalue weighted by molar-refractivity contribution is -0.141. The Bertz CT molecular complexity index is 670. The normalized spacial score (nSPS) is 11.7. The zero-order valence-electron chi connectivity index (χ0n) is 10.3. The number of hydrogen-bond acceptors (Lipinski definition) is 3. The molecule has 0 spiro atoms. The Labute approximate surface area is 126 Å². The van der Waals surface area contributed by atoms with E-state index in [1.54, 1.807) is 12.1 Å². The van der Waals surface area contributed by atoms with Gasteiger partial charge < -0.3 is 4.74 Å². The second kappa shape index (κ2) is 5.55. The van der Waals surface area contributed by atoms with Crippen molar-refractivity contribution in [2.75, 3.05) is 6.61 Å². The Morgan fingerprint density at radius 2 is 2.05 bits per heavy atom. The molecule has 106 valence electrons. The molecule has 1 aromatic carbocycles. The number of aromatic nitrogens is 1. The van der Waals surface area contributed by atoms with Crippen LogP contribution in [0.5, 0.6) is 5.75 Å². The van der Waals surface area contributed by atoms with E-state index in [-0.39, 0.29) is 23.7 Å². The number of carbonyl (C=O) groups excluding carboxylic acids is 1. The monoisotopic (exact) mass is 395 g/mol. The third kappa shape index (κ3) is 3.38. The van der Waals surface area contributed by atoms with Crippen molar-refractivity contribution in [1.29, 1.82) is 0 Å². The third-order valence-corrected chi connectivity index (χ3v) is 3.13. The van der Waals surface area contributed by atoms with Crippen molar-refractivity contribution in [3.63, 3.8) is 0 Å². The van der Waals surface area contributed by atoms with Crippen LogP contribution >= 0.6 is 22.6 Å². The van der Waals surface area contributed by atoms with Gasteiger partial charge in [0.15, 0.2) is 5.78 Å². The predicted molar refractivity (Wildman–Crippen MR) is 75.6 cm³/mol. The minimum Gasteiger partial charge on any atom is -0.485 e. The SMILES string of the molecule is CC(=O)COc1cc(C(F)(F)F)nc2ccc(I)cc12. The molecule has 0 aliphatic rings. The average molecular weight is 395 g/mol. The Morgan fingerprint density at radius 1 is 1.35 bits per heavy atom. The fourth-order valence-electron chi connectivity index (χ4n) is 1.61. The first kappa shape index (κ1) is 15.0. The molecule has 0 saturated carbocycles. The third-order valence-electron chi connectivity index (χ3n) is 2.45. The van der Waals surface area contributed by atoms with Crippen molar-refractivity contribution in [2.45, 2.75) is 13.1 Å². The van der Waals surface area contributed by atoms with Crippen molar-refractivity contribution in [3.8, 4) is 5.75 Å². The van der Waals surface area contributed by atoms with Gasteiger partial charge in [-0.1, -0.05) is 0 Å². The van der Waals surface area contributed by atoms with Crippen LogP contribution in [0.3, 0.4) is 0 Å². The number of alkyl halides is 3. The number of hydrogen-bond donors (Lipinski definition) is 0. The van der Waals surface area contributed by atoms with Crippen molar-refractivity contribution >= 4 is 39.3 Å². The first-order chi connectivity index (χ1) is 9.27. The number of fused-ring (bicyclic) bond motifs is 1. The highest BCUT2D eigenvalue weighted by molar-refractivity contribution is 14.1. The van der Waals surface area contributed by atoms with Gasteiger partial charge in [-0.3, -0.25) is 4.79 Å². The zero-order chi connectivity index (χ0) is 14.9. The Kier molecular flexibility index (Phi) is 4.17. The summed E-state index contributed by atoms with van der Waals surface area (Å²) in [6.45, 7) is 1.03. The van der Waals surface area contributed by atoms with Gasteiger partial charge in [0.05, 0.1) is 5.52 Å². The molecule has 7 heteroatoms. The molecule has 0 aliphatic carbocycles. The van der Waals surface area contributed by atoms with Crippen LogP contribution in [0.2, 0.25) is 0 Å². The van der Waals surface area contributed by atoms with Gasteiger partial charge in [0.1, 0.15) is 18.1 Å². The van der Waals surface area contributed by atoms with Gasteiger partial charge in [-0.05, 0) is 47.7 Å². The molecular formula is C13H9F3INO2. The Morgan fingerprint density at radius 3 is 2.65 bits per heavy atom. The summed E-state index contributed by atoms with van der Waals surface area (Å²) in [6, 6.07) is 5.64. The van der Waals surface area contributed by atoms with Gasteiger partial charge in [-0.15, -0.1) is 0 Å². The molecule has 0 amide bonds. The molecule has 0 unspecified atom stereocenters. The summed E-state index contributed by atoms with van der Waals surface area (Å²) in [5.74, 6) is -0.259. The van der Waals surface area contributed by atoms with Gasteiger partial charge in [0.2, 0.25) is 0 Å². The molecule has 0 fully saturated rings. The minimum atomic E-state index is -4.56. The number of carbonyl (C=O) groups is 1. The highest BCUT2D eigenvalue weighted by atomic mass is 127. The van der Waals surface area contributed by atoms with E-state index in [2.05, 4.69) is 4.98 Å². The first-order valence-electron chi connectivity index (χ1n) is 5.57. The van der Waals surface area contributed by atoms with Gasteiger partial charge in [-0.2, -0.15) is 13.2 Å². The average Bonchev–Trinajstić information content (AvgIpc) is 2.34. The molecule has 2 aromatic rings. The molecule has 3 nitrogen and oxygen atoms in total. The van der Waals surface area contributed by atoms with Gasteiger partial charge >= 0.3 is 6.18 Å². The number of nitrogens with zero attached hydrogens (tertiary/aromatic N) is 1. The number of Topliss-reactive ketones (excluding diaryl/α,β-unsaturated/α-hetero) is 1. The van der Waals surface area contributed by atoms with Crippen LogP contribution in [0.15, 0.2) is 24.3 Å². The molecular weight excluding hydrogens is 386 g/mol. The number of ketones is 1. The number of halogens is 4. The number of rotatable bonds is 3. The molecule has 0 bridgehead atoms. The Balaban J connectivity index is 2.60. The predicted octanol–water partition coefficient (Wildman–Crippen LogP) is 3.83. The summed E-state index contributed by atoms with van der Waals surface area (Å²) in [6.07, 6.45) is -4.56. The van der Waals surface area contributed by atoms with E-state index < -0.39 is 11.9 Å². The van der Waals surface area contributed by atoms with Crippen LogP contribution in [0.1, 0.15) is 12.6 Å². The second-order valence-corrected chi connectivity index (χ2v) is 5.40. The first-order valence-corrected chi connectivity index (χ1v) is 6.65. The molecule has 0 aliphatic heterocycles. The van der Waals surface area contributed by atoms with Crippen LogP contribution in [0, 0.1) is 3.57 Å². The molecule has 2 rings (SSSR count). The smallest absolute Gasteiger partial charge is 0.433 e. The van der Waals surface area contributed by atoms with Gasteiger partial charge in [0, 0.05) is 15.0 Å². The lowest BCUT2D eigenvalue weighted by Crippen LogP contribution is -2.11. The highest BCUT2D eigenvalue weighted by Crippen LogP contribution is 2.34. The van der Waals surface area contributed by atoms with Crippen molar-refractivity contribution in [1.82, 2.24) is 4.98 Å². The maximum Gasteiger partial charge on any atom is 0.433 e. The number of benzene rings is 1. The highest BCUT2D eigenvalue weighted by Gasteiger charge is 2.33. The summed E-state index contributed by atoms with van der Waals surface area (Å²) in [7, 11) is 0. The fraction of sp³-hybridized carbons (Fsp3) is 0.231. The van der Waals surface area contributed by atoms with Crippen LogP contribution in [-0.2, 0) is 11.0 Å². The Hall–Kier alpha value is -1.38. The van der Waals surface area contributed by atoms with Crippen molar-refractivity contribution < 1.29 is 22.7 Å². The molecule has 0 N–H and O–H groups in total. The summed E-state index contributed by atoms with van der Waals surface area (Å²) < 4.78 is 44.4. The van der Waals surface area contributed by atoms with Crippen LogP contribution in [-0.4, -0.2) is 17.4 Å². The second-order valence-electron chi connectivity index (χ2n) is 4.16. The summed E-state index contributed by atoms with van der Waals surface area (Å²) in [5.41, 5.74) is -0.858. The number of ether oxygens (including phenoxy) is 1. The van der Waals surface area contributed by atoms with Crippen molar-refractivity contribution in [3.05, 3.63) is 33.5 Å². The van der Waals surface area contributed by atoms with E-state index in [9.17, 15) is 18.0 Å². The van der Waals surface area contributed by atoms with Crippen molar-refractivity contribution in [2.24, 2.45) is 0 Å². The molecule has 20 heavy (non-hydrogen) atoms. The van der Waals surface area contributed by atoms with E-state index >= 15 is 0 Å². The largest absolute Gasteiger partial charge is 0.485 e. The molecule has 0 radical (unpaired) electrons. The quantitative estimate of drug-likeness (QED) is 0.742. The van der Waals surface area contributed by atoms with E-state index in [4.69, 9.17) is 4.74 Å². The topological polar surface area (TPSA) is 39.2 Å². The van der Waals surface area contributed by atoms with E-state index in [1.807, 2.05) is 22.6 Å². The van der Waals surface area contributed by atoms with E-state index in [0.29, 0.717) is 5.39 Å². The summed E-state index contributed by atoms with van der Waals surface area (Å²) >= 11 is 2.04. The van der Waals surface area contributed by atoms with Gasteiger partial charge in [0.25, 0.3) is 0 Å². The number of pyridine rings is 1.